The molecular weight excluding hydrogens is 326 g/mol. The fourth-order valence-corrected chi connectivity index (χ4v) is 2.91. The molecule has 0 aromatic heterocycles. The summed E-state index contributed by atoms with van der Waals surface area (Å²) in [6.07, 6.45) is 0. The molecule has 3 aromatic carbocycles. The maximum Gasteiger partial charge on any atom is 0.234 e. The fraction of sp³-hybridized carbons (Fsp3) is 0.227. The molecule has 0 saturated carbocycles. The molecule has 0 aliphatic heterocycles. The van der Waals surface area contributed by atoms with Gasteiger partial charge in [0.15, 0.2) is 11.5 Å². The summed E-state index contributed by atoms with van der Waals surface area (Å²) in [5.74, 6) is 1.17. The standard InChI is InChI=1S/C22H23NO3/c1-22(2,17-10-12-19(25-3)20(14-17)26-4)21(24)23-18-11-9-15-7-5-6-8-16(15)13-18/h5-14H,1-4H3,(H,23,24). The zero-order valence-corrected chi connectivity index (χ0v) is 15.5. The largest absolute Gasteiger partial charge is 0.493 e. The average Bonchev–Trinajstić information content (AvgIpc) is 2.67. The van der Waals surface area contributed by atoms with Crippen LogP contribution in [0.4, 0.5) is 5.69 Å². The Morgan fingerprint density at radius 1 is 0.846 bits per heavy atom. The number of carbonyl (C=O) groups excluding carboxylic acids is 1. The highest BCUT2D eigenvalue weighted by molar-refractivity contribution is 6.00. The van der Waals surface area contributed by atoms with Crippen molar-refractivity contribution in [1.82, 2.24) is 0 Å². The van der Waals surface area contributed by atoms with Crippen molar-refractivity contribution in [3.63, 3.8) is 0 Å². The van der Waals surface area contributed by atoms with Gasteiger partial charge in [0.05, 0.1) is 19.6 Å². The second kappa shape index (κ2) is 7.08. The monoisotopic (exact) mass is 349 g/mol. The average molecular weight is 349 g/mol. The van der Waals surface area contributed by atoms with Crippen LogP contribution in [0.25, 0.3) is 10.8 Å². The fourth-order valence-electron chi connectivity index (χ4n) is 2.91. The van der Waals surface area contributed by atoms with Crippen LogP contribution in [-0.2, 0) is 10.2 Å². The van der Waals surface area contributed by atoms with Crippen molar-refractivity contribution in [1.29, 1.82) is 0 Å². The molecule has 0 saturated heterocycles. The van der Waals surface area contributed by atoms with Gasteiger partial charge in [-0.1, -0.05) is 36.4 Å². The number of benzene rings is 3. The summed E-state index contributed by atoms with van der Waals surface area (Å²) in [7, 11) is 3.18. The third-order valence-electron chi connectivity index (χ3n) is 4.68. The van der Waals surface area contributed by atoms with Gasteiger partial charge in [-0.15, -0.1) is 0 Å². The molecular formula is C22H23NO3. The van der Waals surface area contributed by atoms with Crippen LogP contribution in [0, 0.1) is 0 Å². The second-order valence-corrected chi connectivity index (χ2v) is 6.71. The molecule has 3 aromatic rings. The highest BCUT2D eigenvalue weighted by atomic mass is 16.5. The van der Waals surface area contributed by atoms with E-state index in [0.717, 1.165) is 22.0 Å². The Morgan fingerprint density at radius 3 is 2.23 bits per heavy atom. The van der Waals surface area contributed by atoms with E-state index in [9.17, 15) is 4.79 Å². The molecule has 0 fully saturated rings. The summed E-state index contributed by atoms with van der Waals surface area (Å²) in [6, 6.07) is 19.5. The van der Waals surface area contributed by atoms with Gasteiger partial charge in [0.1, 0.15) is 0 Å². The minimum atomic E-state index is -0.731. The smallest absolute Gasteiger partial charge is 0.234 e. The predicted molar refractivity (Wildman–Crippen MR) is 105 cm³/mol. The van der Waals surface area contributed by atoms with E-state index >= 15 is 0 Å². The summed E-state index contributed by atoms with van der Waals surface area (Å²) in [4.78, 5) is 12.9. The number of methoxy groups -OCH3 is 2. The maximum absolute atomic E-state index is 12.9. The molecule has 26 heavy (non-hydrogen) atoms. The Balaban J connectivity index is 1.87. The van der Waals surface area contributed by atoms with Crippen LogP contribution >= 0.6 is 0 Å². The van der Waals surface area contributed by atoms with Crippen LogP contribution < -0.4 is 14.8 Å². The second-order valence-electron chi connectivity index (χ2n) is 6.71. The first-order valence-corrected chi connectivity index (χ1v) is 8.48. The van der Waals surface area contributed by atoms with E-state index in [1.807, 2.05) is 68.4 Å². The molecule has 0 atom stereocenters. The van der Waals surface area contributed by atoms with E-state index in [-0.39, 0.29) is 5.91 Å². The predicted octanol–water partition coefficient (Wildman–Crippen LogP) is 4.77. The third kappa shape index (κ3) is 3.36. The van der Waals surface area contributed by atoms with Crippen molar-refractivity contribution < 1.29 is 14.3 Å². The number of nitrogens with one attached hydrogen (secondary N) is 1. The van der Waals surface area contributed by atoms with Gasteiger partial charge in [0, 0.05) is 5.69 Å². The van der Waals surface area contributed by atoms with Gasteiger partial charge in [-0.05, 0) is 54.4 Å². The van der Waals surface area contributed by atoms with E-state index in [4.69, 9.17) is 9.47 Å². The lowest BCUT2D eigenvalue weighted by Gasteiger charge is -2.25. The van der Waals surface area contributed by atoms with Crippen LogP contribution in [0.3, 0.4) is 0 Å². The molecule has 0 heterocycles. The molecule has 3 rings (SSSR count). The van der Waals surface area contributed by atoms with E-state index < -0.39 is 5.41 Å². The molecule has 134 valence electrons. The SMILES string of the molecule is COc1ccc(C(C)(C)C(=O)Nc2ccc3ccccc3c2)cc1OC. The van der Waals surface area contributed by atoms with Crippen molar-refractivity contribution >= 4 is 22.4 Å². The molecule has 0 aliphatic rings. The number of rotatable bonds is 5. The van der Waals surface area contributed by atoms with Crippen LogP contribution in [0.15, 0.2) is 60.7 Å². The number of anilines is 1. The van der Waals surface area contributed by atoms with Gasteiger partial charge in [-0.2, -0.15) is 0 Å². The summed E-state index contributed by atoms with van der Waals surface area (Å²) in [6.45, 7) is 3.79. The number of hydrogen-bond donors (Lipinski definition) is 1. The highest BCUT2D eigenvalue weighted by Gasteiger charge is 2.31. The first kappa shape index (κ1) is 17.8. The molecule has 4 heteroatoms. The van der Waals surface area contributed by atoms with Crippen LogP contribution in [0.2, 0.25) is 0 Å². The number of amides is 1. The number of hydrogen-bond acceptors (Lipinski definition) is 3. The first-order chi connectivity index (χ1) is 12.5. The number of carbonyl (C=O) groups is 1. The van der Waals surface area contributed by atoms with Crippen molar-refractivity contribution in [2.75, 3.05) is 19.5 Å². The van der Waals surface area contributed by atoms with E-state index in [1.165, 1.54) is 0 Å². The number of fused-ring (bicyclic) bond motifs is 1. The molecule has 0 unspecified atom stereocenters. The minimum Gasteiger partial charge on any atom is -0.493 e. The molecule has 0 radical (unpaired) electrons. The summed E-state index contributed by atoms with van der Waals surface area (Å²) in [5.41, 5.74) is 0.904. The zero-order valence-electron chi connectivity index (χ0n) is 15.5. The molecule has 1 N–H and O–H groups in total. The van der Waals surface area contributed by atoms with Crippen LogP contribution in [0.1, 0.15) is 19.4 Å². The molecule has 4 nitrogen and oxygen atoms in total. The summed E-state index contributed by atoms with van der Waals surface area (Å²) < 4.78 is 10.6. The lowest BCUT2D eigenvalue weighted by atomic mass is 9.83. The Kier molecular flexibility index (Phi) is 4.85. The quantitative estimate of drug-likeness (QED) is 0.721. The maximum atomic E-state index is 12.9. The van der Waals surface area contributed by atoms with Crippen molar-refractivity contribution in [3.05, 3.63) is 66.2 Å². The minimum absolute atomic E-state index is 0.0833. The highest BCUT2D eigenvalue weighted by Crippen LogP contribution is 2.34. The lowest BCUT2D eigenvalue weighted by Crippen LogP contribution is -2.34. The van der Waals surface area contributed by atoms with Crippen LogP contribution in [0.5, 0.6) is 11.5 Å². The van der Waals surface area contributed by atoms with Gasteiger partial charge >= 0.3 is 0 Å². The molecule has 0 bridgehead atoms. The Bertz CT molecular complexity index is 947. The topological polar surface area (TPSA) is 47.6 Å². The third-order valence-corrected chi connectivity index (χ3v) is 4.68. The van der Waals surface area contributed by atoms with Gasteiger partial charge in [0.2, 0.25) is 5.91 Å². The molecule has 1 amide bonds. The Morgan fingerprint density at radius 2 is 1.54 bits per heavy atom. The normalized spacial score (nSPS) is 11.2. The Labute approximate surface area is 153 Å². The Hall–Kier alpha value is -3.01. The van der Waals surface area contributed by atoms with Crippen molar-refractivity contribution in [2.24, 2.45) is 0 Å². The van der Waals surface area contributed by atoms with Gasteiger partial charge in [-0.25, -0.2) is 0 Å². The summed E-state index contributed by atoms with van der Waals surface area (Å²) >= 11 is 0. The molecule has 0 spiro atoms. The summed E-state index contributed by atoms with van der Waals surface area (Å²) in [5, 5.41) is 5.26. The van der Waals surface area contributed by atoms with E-state index in [0.29, 0.717) is 11.5 Å². The van der Waals surface area contributed by atoms with Gasteiger partial charge in [-0.3, -0.25) is 4.79 Å². The van der Waals surface area contributed by atoms with Gasteiger partial charge in [0.25, 0.3) is 0 Å². The zero-order chi connectivity index (χ0) is 18.7. The van der Waals surface area contributed by atoms with Crippen molar-refractivity contribution in [3.8, 4) is 11.5 Å². The van der Waals surface area contributed by atoms with Crippen molar-refractivity contribution in [2.45, 2.75) is 19.3 Å². The van der Waals surface area contributed by atoms with E-state index in [1.54, 1.807) is 14.2 Å². The molecule has 0 aliphatic carbocycles. The van der Waals surface area contributed by atoms with Crippen LogP contribution in [-0.4, -0.2) is 20.1 Å². The van der Waals surface area contributed by atoms with E-state index in [2.05, 4.69) is 11.4 Å². The van der Waals surface area contributed by atoms with Gasteiger partial charge < -0.3 is 14.8 Å². The lowest BCUT2D eigenvalue weighted by molar-refractivity contribution is -0.120. The number of ether oxygens (including phenoxy) is 2. The first-order valence-electron chi connectivity index (χ1n) is 8.48.